The topological polar surface area (TPSA) is 107 Å². The van der Waals surface area contributed by atoms with Crippen molar-refractivity contribution in [1.82, 2.24) is 18.9 Å². The van der Waals surface area contributed by atoms with Gasteiger partial charge in [0, 0.05) is 47.1 Å². The molecule has 7 rings (SSSR count). The summed E-state index contributed by atoms with van der Waals surface area (Å²) < 4.78 is 28.6. The summed E-state index contributed by atoms with van der Waals surface area (Å²) in [5.41, 5.74) is 3.69. The van der Waals surface area contributed by atoms with Crippen molar-refractivity contribution >= 4 is 32.7 Å². The minimum absolute atomic E-state index is 0.0104. The van der Waals surface area contributed by atoms with Crippen LogP contribution in [0.5, 0.6) is 0 Å². The van der Waals surface area contributed by atoms with Crippen LogP contribution in [0.25, 0.3) is 22.4 Å². The molecule has 2 atom stereocenters. The summed E-state index contributed by atoms with van der Waals surface area (Å²) in [7, 11) is -3.90. The van der Waals surface area contributed by atoms with Gasteiger partial charge in [0.1, 0.15) is 11.6 Å². The molecular weight excluding hydrogens is 510 g/mol. The first-order chi connectivity index (χ1) is 18.6. The fourth-order valence-electron chi connectivity index (χ4n) is 6.49. The van der Waals surface area contributed by atoms with Crippen molar-refractivity contribution in [2.45, 2.75) is 64.3 Å². The van der Waals surface area contributed by atoms with E-state index in [1.54, 1.807) is 49.8 Å². The SMILES string of the molecule is CC(=O)[C@H]1C2CCC(CC2)[C@@H]1Nc1nc(-c2cn(S(=O)(=O)c3ccc(C)cc3)c3ncc(C)cc23)ncc1C. The summed E-state index contributed by atoms with van der Waals surface area (Å²) in [4.78, 5) is 26.8. The number of hydrogen-bond donors (Lipinski definition) is 1. The smallest absolute Gasteiger partial charge is 0.269 e. The van der Waals surface area contributed by atoms with Crippen molar-refractivity contribution in [3.63, 3.8) is 0 Å². The molecule has 8 nitrogen and oxygen atoms in total. The Morgan fingerprint density at radius 3 is 2.33 bits per heavy atom. The molecule has 0 spiro atoms. The second kappa shape index (κ2) is 9.55. The number of rotatable bonds is 6. The average molecular weight is 544 g/mol. The van der Waals surface area contributed by atoms with Gasteiger partial charge in [-0.1, -0.05) is 17.7 Å². The maximum absolute atomic E-state index is 13.7. The first kappa shape index (κ1) is 25.7. The van der Waals surface area contributed by atoms with Crippen LogP contribution >= 0.6 is 0 Å². The molecule has 0 saturated heterocycles. The van der Waals surface area contributed by atoms with Gasteiger partial charge < -0.3 is 5.32 Å². The van der Waals surface area contributed by atoms with Crippen molar-refractivity contribution in [1.29, 1.82) is 0 Å². The van der Waals surface area contributed by atoms with Crippen molar-refractivity contribution in [2.24, 2.45) is 17.8 Å². The lowest BCUT2D eigenvalue weighted by atomic mass is 9.60. The molecule has 0 radical (unpaired) electrons. The lowest BCUT2D eigenvalue weighted by molar-refractivity contribution is -0.126. The first-order valence-corrected chi connectivity index (χ1v) is 15.0. The van der Waals surface area contributed by atoms with Crippen molar-refractivity contribution < 1.29 is 13.2 Å². The summed E-state index contributed by atoms with van der Waals surface area (Å²) in [6, 6.07) is 8.75. The maximum Gasteiger partial charge on any atom is 0.269 e. The molecule has 3 saturated carbocycles. The number of anilines is 1. The second-order valence-corrected chi connectivity index (χ2v) is 13.1. The van der Waals surface area contributed by atoms with Gasteiger partial charge in [-0.05, 0) is 89.0 Å². The molecule has 3 aliphatic rings. The number of carbonyl (C=O) groups excluding carboxylic acids is 1. The van der Waals surface area contributed by atoms with Gasteiger partial charge in [-0.25, -0.2) is 27.3 Å². The van der Waals surface area contributed by atoms with Gasteiger partial charge in [0.25, 0.3) is 10.0 Å². The maximum atomic E-state index is 13.7. The molecule has 1 aromatic carbocycles. The number of carbonyl (C=O) groups is 1. The number of nitrogens with one attached hydrogen (secondary N) is 1. The normalized spacial score (nSPS) is 22.8. The zero-order valence-electron chi connectivity index (χ0n) is 22.7. The number of benzene rings is 1. The molecule has 4 aromatic rings. The Labute approximate surface area is 229 Å². The second-order valence-electron chi connectivity index (χ2n) is 11.2. The summed E-state index contributed by atoms with van der Waals surface area (Å²) >= 11 is 0. The van der Waals surface area contributed by atoms with E-state index in [9.17, 15) is 13.2 Å². The van der Waals surface area contributed by atoms with Crippen molar-refractivity contribution in [3.05, 3.63) is 65.6 Å². The van der Waals surface area contributed by atoms with E-state index in [1.165, 1.54) is 3.97 Å². The van der Waals surface area contributed by atoms with E-state index in [1.807, 2.05) is 26.8 Å². The Bertz CT molecular complexity index is 1690. The monoisotopic (exact) mass is 543 g/mol. The average Bonchev–Trinajstić information content (AvgIpc) is 3.30. The van der Waals surface area contributed by atoms with E-state index >= 15 is 0 Å². The number of aryl methyl sites for hydroxylation is 3. The highest BCUT2D eigenvalue weighted by molar-refractivity contribution is 7.90. The van der Waals surface area contributed by atoms with Crippen LogP contribution < -0.4 is 5.32 Å². The molecule has 3 aliphatic carbocycles. The Hall–Kier alpha value is -3.59. The van der Waals surface area contributed by atoms with Gasteiger partial charge in [-0.15, -0.1) is 0 Å². The number of ketones is 1. The molecule has 0 unspecified atom stereocenters. The largest absolute Gasteiger partial charge is 0.366 e. The van der Waals surface area contributed by atoms with Gasteiger partial charge in [-0.3, -0.25) is 4.79 Å². The molecule has 9 heteroatoms. The molecule has 202 valence electrons. The molecule has 1 N–H and O–H groups in total. The van der Waals surface area contributed by atoms with Gasteiger partial charge in [0.2, 0.25) is 0 Å². The zero-order valence-corrected chi connectivity index (χ0v) is 23.5. The lowest BCUT2D eigenvalue weighted by Crippen LogP contribution is -2.51. The van der Waals surface area contributed by atoms with Crippen LogP contribution in [0.1, 0.15) is 49.3 Å². The fourth-order valence-corrected chi connectivity index (χ4v) is 7.81. The van der Waals surface area contributed by atoms with Crippen LogP contribution in [-0.4, -0.2) is 39.2 Å². The Morgan fingerprint density at radius 2 is 1.64 bits per heavy atom. The lowest BCUT2D eigenvalue weighted by Gasteiger charge is -2.48. The number of nitrogens with zero attached hydrogens (tertiary/aromatic N) is 4. The Morgan fingerprint density at radius 1 is 0.949 bits per heavy atom. The molecule has 3 aromatic heterocycles. The summed E-state index contributed by atoms with van der Waals surface area (Å²) in [5.74, 6) is 2.19. The first-order valence-electron chi connectivity index (χ1n) is 13.5. The van der Waals surface area contributed by atoms with Crippen LogP contribution in [0.3, 0.4) is 0 Å². The highest BCUT2D eigenvalue weighted by Gasteiger charge is 2.46. The van der Waals surface area contributed by atoms with E-state index in [0.717, 1.165) is 42.4 Å². The number of fused-ring (bicyclic) bond motifs is 4. The highest BCUT2D eigenvalue weighted by Crippen LogP contribution is 2.46. The van der Waals surface area contributed by atoms with Gasteiger partial charge in [-0.2, -0.15) is 0 Å². The van der Waals surface area contributed by atoms with E-state index in [0.29, 0.717) is 40.1 Å². The van der Waals surface area contributed by atoms with E-state index in [-0.39, 0.29) is 22.6 Å². The third kappa shape index (κ3) is 4.42. The summed E-state index contributed by atoms with van der Waals surface area (Å²) in [5, 5.41) is 4.30. The predicted octanol–water partition coefficient (Wildman–Crippen LogP) is 5.46. The van der Waals surface area contributed by atoms with Crippen molar-refractivity contribution in [3.8, 4) is 11.4 Å². The van der Waals surface area contributed by atoms with Crippen LogP contribution in [0, 0.1) is 38.5 Å². The van der Waals surface area contributed by atoms with Gasteiger partial charge in [0.05, 0.1) is 4.90 Å². The molecule has 3 heterocycles. The number of aromatic nitrogens is 4. The molecular formula is C30H33N5O3S. The third-order valence-corrected chi connectivity index (χ3v) is 10.2. The predicted molar refractivity (Wildman–Crippen MR) is 151 cm³/mol. The summed E-state index contributed by atoms with van der Waals surface area (Å²) in [6.45, 7) is 7.50. The minimum atomic E-state index is -3.90. The van der Waals surface area contributed by atoms with Crippen molar-refractivity contribution in [2.75, 3.05) is 5.32 Å². The van der Waals surface area contributed by atoms with Crippen LogP contribution in [0.4, 0.5) is 5.82 Å². The highest BCUT2D eigenvalue weighted by atomic mass is 32.2. The fraction of sp³-hybridized carbons (Fsp3) is 0.400. The zero-order chi connectivity index (χ0) is 27.5. The van der Waals surface area contributed by atoms with E-state index in [2.05, 4.69) is 15.3 Å². The Balaban J connectivity index is 1.44. The molecule has 0 aliphatic heterocycles. The third-order valence-electron chi connectivity index (χ3n) is 8.53. The van der Waals surface area contributed by atoms with Gasteiger partial charge in [0.15, 0.2) is 11.5 Å². The number of hydrogen-bond acceptors (Lipinski definition) is 7. The quantitative estimate of drug-likeness (QED) is 0.344. The van der Waals surface area contributed by atoms with E-state index < -0.39 is 10.0 Å². The molecule has 0 amide bonds. The van der Waals surface area contributed by atoms with E-state index in [4.69, 9.17) is 4.98 Å². The summed E-state index contributed by atoms with van der Waals surface area (Å²) in [6.07, 6.45) is 9.47. The number of pyridine rings is 1. The van der Waals surface area contributed by atoms with Crippen LogP contribution in [-0.2, 0) is 14.8 Å². The molecule has 3 fully saturated rings. The standard InChI is InChI=1S/C30H33N5O3S/c1-17-5-11-23(12-6-17)39(37,38)35-16-25(24-13-18(2)14-32-30(24)35)29-31-15-19(3)28(34-29)33-27-22-9-7-21(8-10-22)26(27)20(4)36/h5-6,11-16,21-22,26-27H,7-10H2,1-4H3,(H,31,33,34)/t21?,22?,26-,27-/m0/s1. The van der Waals surface area contributed by atoms with Crippen LogP contribution in [0.15, 0.2) is 53.8 Å². The minimum Gasteiger partial charge on any atom is -0.366 e. The Kier molecular flexibility index (Phi) is 6.29. The molecule has 2 bridgehead atoms. The molecule has 39 heavy (non-hydrogen) atoms. The van der Waals surface area contributed by atoms with Gasteiger partial charge >= 0.3 is 0 Å². The van der Waals surface area contributed by atoms with Crippen LogP contribution in [0.2, 0.25) is 0 Å². The number of Topliss-reactive ketones (excluding diaryl/α,β-unsaturated/α-hetero) is 1.